The van der Waals surface area contributed by atoms with Crippen molar-refractivity contribution in [1.29, 1.82) is 0 Å². The minimum atomic E-state index is -0.0886. The van der Waals surface area contributed by atoms with E-state index in [1.165, 1.54) is 81.0 Å². The van der Waals surface area contributed by atoms with Crippen LogP contribution in [-0.4, -0.2) is 86.1 Å². The summed E-state index contributed by atoms with van der Waals surface area (Å²) in [5.41, 5.74) is 1.33. The van der Waals surface area contributed by atoms with Crippen LogP contribution < -0.4 is 5.32 Å². The second kappa shape index (κ2) is 14.3. The molecule has 0 spiro atoms. The summed E-state index contributed by atoms with van der Waals surface area (Å²) in [7, 11) is 0. The predicted molar refractivity (Wildman–Crippen MR) is 156 cm³/mol. The first-order valence-electron chi connectivity index (χ1n) is 15.1. The van der Waals surface area contributed by atoms with Crippen LogP contribution in [0, 0.1) is 0 Å². The molecule has 1 amide bonds. The highest BCUT2D eigenvalue weighted by Crippen LogP contribution is 2.37. The van der Waals surface area contributed by atoms with Crippen LogP contribution in [0.2, 0.25) is 0 Å². The molecular formula is C32H50N4O. The van der Waals surface area contributed by atoms with Gasteiger partial charge in [0.25, 0.3) is 0 Å². The number of hydrogen-bond acceptors (Lipinski definition) is 4. The predicted octanol–water partition coefficient (Wildman–Crippen LogP) is 5.29. The van der Waals surface area contributed by atoms with Gasteiger partial charge in [0.1, 0.15) is 0 Å². The van der Waals surface area contributed by atoms with Crippen LogP contribution in [0.15, 0.2) is 42.5 Å². The van der Waals surface area contributed by atoms with Gasteiger partial charge in [-0.3, -0.25) is 9.69 Å². The standard InChI is InChI=1S/C32H50N4O/c1-3-34(4-2)26-31(37)33-27-32(18-24-35-20-9-5-10-21-35,19-25-36-22-11-6-12-23-36)30-17-13-15-28-14-7-8-16-29(28)30/h7-8,13-17H,3-6,9-12,18-27H2,1-2H3,(H,33,37). The number of rotatable bonds is 13. The Bertz CT molecular complexity index is 933. The van der Waals surface area contributed by atoms with Gasteiger partial charge in [-0.25, -0.2) is 0 Å². The fourth-order valence-electron chi connectivity index (χ4n) is 6.44. The van der Waals surface area contributed by atoms with Crippen molar-refractivity contribution in [3.8, 4) is 0 Å². The minimum absolute atomic E-state index is 0.0886. The Kier molecular flexibility index (Phi) is 10.8. The van der Waals surface area contributed by atoms with E-state index in [1.54, 1.807) is 0 Å². The summed E-state index contributed by atoms with van der Waals surface area (Å²) >= 11 is 0. The van der Waals surface area contributed by atoms with Crippen LogP contribution in [0.1, 0.15) is 70.8 Å². The van der Waals surface area contributed by atoms with Gasteiger partial charge < -0.3 is 15.1 Å². The molecule has 2 aliphatic rings. The molecule has 5 heteroatoms. The second-order valence-electron chi connectivity index (χ2n) is 11.3. The van der Waals surface area contributed by atoms with Crippen molar-refractivity contribution in [2.75, 3.05) is 65.4 Å². The number of likely N-dealkylation sites (tertiary alicyclic amines) is 2. The molecule has 2 aliphatic heterocycles. The third-order valence-corrected chi connectivity index (χ3v) is 8.96. The second-order valence-corrected chi connectivity index (χ2v) is 11.3. The van der Waals surface area contributed by atoms with Crippen LogP contribution in [0.5, 0.6) is 0 Å². The summed E-state index contributed by atoms with van der Waals surface area (Å²) in [5.74, 6) is 0.157. The number of fused-ring (bicyclic) bond motifs is 1. The molecule has 0 aromatic heterocycles. The van der Waals surface area contributed by atoms with Gasteiger partial charge in [-0.05, 0) is 107 Å². The van der Waals surface area contributed by atoms with Crippen molar-refractivity contribution >= 4 is 16.7 Å². The zero-order valence-electron chi connectivity index (χ0n) is 23.5. The van der Waals surface area contributed by atoms with Gasteiger partial charge in [0, 0.05) is 12.0 Å². The smallest absolute Gasteiger partial charge is 0.234 e. The lowest BCUT2D eigenvalue weighted by Crippen LogP contribution is -2.48. The van der Waals surface area contributed by atoms with E-state index in [1.807, 2.05) is 0 Å². The summed E-state index contributed by atoms with van der Waals surface area (Å²) in [5, 5.41) is 6.09. The van der Waals surface area contributed by atoms with Crippen molar-refractivity contribution in [1.82, 2.24) is 20.0 Å². The third kappa shape index (κ3) is 7.78. The molecular weight excluding hydrogens is 456 g/mol. The molecule has 0 radical (unpaired) electrons. The zero-order chi connectivity index (χ0) is 25.9. The number of hydrogen-bond donors (Lipinski definition) is 1. The lowest BCUT2D eigenvalue weighted by Gasteiger charge is -2.40. The monoisotopic (exact) mass is 506 g/mol. The molecule has 5 nitrogen and oxygen atoms in total. The van der Waals surface area contributed by atoms with E-state index in [0.29, 0.717) is 13.1 Å². The van der Waals surface area contributed by atoms with E-state index in [9.17, 15) is 4.79 Å². The van der Waals surface area contributed by atoms with Gasteiger partial charge >= 0.3 is 0 Å². The fourth-order valence-corrected chi connectivity index (χ4v) is 6.44. The molecule has 0 aliphatic carbocycles. The topological polar surface area (TPSA) is 38.8 Å². The zero-order valence-corrected chi connectivity index (χ0v) is 23.5. The molecule has 204 valence electrons. The highest BCUT2D eigenvalue weighted by molar-refractivity contribution is 5.87. The number of nitrogens with zero attached hydrogens (tertiary/aromatic N) is 3. The first-order chi connectivity index (χ1) is 18.1. The van der Waals surface area contributed by atoms with Crippen LogP contribution in [0.3, 0.4) is 0 Å². The molecule has 0 unspecified atom stereocenters. The van der Waals surface area contributed by atoms with E-state index in [4.69, 9.17) is 0 Å². The molecule has 37 heavy (non-hydrogen) atoms. The molecule has 0 atom stereocenters. The normalized spacial score (nSPS) is 17.9. The van der Waals surface area contributed by atoms with Crippen LogP contribution in [0.25, 0.3) is 10.8 Å². The number of likely N-dealkylation sites (N-methyl/N-ethyl adjacent to an activating group) is 1. The maximum Gasteiger partial charge on any atom is 0.234 e. The van der Waals surface area contributed by atoms with Crippen molar-refractivity contribution in [3.63, 3.8) is 0 Å². The number of carbonyl (C=O) groups is 1. The Hall–Kier alpha value is -1.95. The molecule has 2 saturated heterocycles. The van der Waals surface area contributed by atoms with Crippen molar-refractivity contribution in [3.05, 3.63) is 48.0 Å². The number of nitrogens with one attached hydrogen (secondary N) is 1. The van der Waals surface area contributed by atoms with Crippen LogP contribution in [0.4, 0.5) is 0 Å². The molecule has 0 saturated carbocycles. The maximum absolute atomic E-state index is 13.2. The molecule has 2 fully saturated rings. The molecule has 2 aromatic carbocycles. The van der Waals surface area contributed by atoms with E-state index in [2.05, 4.69) is 76.3 Å². The number of piperidine rings is 2. The van der Waals surface area contributed by atoms with Gasteiger partial charge in [0.05, 0.1) is 6.54 Å². The van der Waals surface area contributed by atoms with E-state index >= 15 is 0 Å². The Morgan fingerprint density at radius 2 is 1.38 bits per heavy atom. The van der Waals surface area contributed by atoms with Gasteiger partial charge in [-0.15, -0.1) is 0 Å². The lowest BCUT2D eigenvalue weighted by molar-refractivity contribution is -0.122. The molecule has 0 bridgehead atoms. The summed E-state index contributed by atoms with van der Waals surface area (Å²) in [4.78, 5) is 20.7. The summed E-state index contributed by atoms with van der Waals surface area (Å²) in [6, 6.07) is 15.7. The SMILES string of the molecule is CCN(CC)CC(=O)NCC(CCN1CCCCC1)(CCN1CCCCC1)c1cccc2ccccc12. The van der Waals surface area contributed by atoms with E-state index in [0.717, 1.165) is 39.0 Å². The average molecular weight is 507 g/mol. The van der Waals surface area contributed by atoms with Gasteiger partial charge in [-0.2, -0.15) is 0 Å². The quantitative estimate of drug-likeness (QED) is 0.401. The highest BCUT2D eigenvalue weighted by atomic mass is 16.2. The first-order valence-corrected chi connectivity index (χ1v) is 15.1. The Labute approximate surface area is 225 Å². The molecule has 2 heterocycles. The number of carbonyl (C=O) groups excluding carboxylic acids is 1. The highest BCUT2D eigenvalue weighted by Gasteiger charge is 2.35. The average Bonchev–Trinajstić information content (AvgIpc) is 2.96. The van der Waals surface area contributed by atoms with Crippen molar-refractivity contribution in [2.24, 2.45) is 0 Å². The van der Waals surface area contributed by atoms with Gasteiger partial charge in [0.2, 0.25) is 5.91 Å². The molecule has 2 aromatic rings. The van der Waals surface area contributed by atoms with Crippen molar-refractivity contribution < 1.29 is 4.79 Å². The van der Waals surface area contributed by atoms with Gasteiger partial charge in [-0.1, -0.05) is 69.2 Å². The Morgan fingerprint density at radius 3 is 1.97 bits per heavy atom. The molecule has 1 N–H and O–H groups in total. The van der Waals surface area contributed by atoms with Crippen molar-refractivity contribution in [2.45, 2.75) is 70.6 Å². The third-order valence-electron chi connectivity index (χ3n) is 8.96. The summed E-state index contributed by atoms with van der Waals surface area (Å²) < 4.78 is 0. The number of amides is 1. The summed E-state index contributed by atoms with van der Waals surface area (Å²) in [6.07, 6.45) is 10.2. The van der Waals surface area contributed by atoms with E-state index < -0.39 is 0 Å². The first kappa shape index (κ1) is 28.1. The fraction of sp³-hybridized carbons (Fsp3) is 0.656. The summed E-state index contributed by atoms with van der Waals surface area (Å²) in [6.45, 7) is 14.3. The lowest BCUT2D eigenvalue weighted by atomic mass is 9.72. The Balaban J connectivity index is 1.64. The Morgan fingerprint density at radius 1 is 0.811 bits per heavy atom. The largest absolute Gasteiger partial charge is 0.354 e. The van der Waals surface area contributed by atoms with Crippen LogP contribution in [-0.2, 0) is 10.2 Å². The van der Waals surface area contributed by atoms with E-state index in [-0.39, 0.29) is 11.3 Å². The van der Waals surface area contributed by atoms with Gasteiger partial charge in [0.15, 0.2) is 0 Å². The molecule has 4 rings (SSSR count). The van der Waals surface area contributed by atoms with Crippen LogP contribution >= 0.6 is 0 Å². The maximum atomic E-state index is 13.2. The minimum Gasteiger partial charge on any atom is -0.354 e. The number of benzene rings is 2.